The Morgan fingerprint density at radius 2 is 1.91 bits per heavy atom. The molecule has 0 atom stereocenters. The first-order valence-electron chi connectivity index (χ1n) is 7.18. The smallest absolute Gasteiger partial charge is 0.287 e. The van der Waals surface area contributed by atoms with Crippen molar-refractivity contribution in [2.45, 2.75) is 0 Å². The number of fused-ring (bicyclic) bond motifs is 1. The Morgan fingerprint density at radius 3 is 2.65 bits per heavy atom. The van der Waals surface area contributed by atoms with Crippen molar-refractivity contribution in [2.24, 2.45) is 0 Å². The largest absolute Gasteiger partial charge is 0.492 e. The summed E-state index contributed by atoms with van der Waals surface area (Å²) >= 11 is 0. The summed E-state index contributed by atoms with van der Waals surface area (Å²) in [6.07, 6.45) is 1.23. The number of anilines is 1. The molecule has 23 heavy (non-hydrogen) atoms. The van der Waals surface area contributed by atoms with Crippen LogP contribution in [0.15, 0.2) is 60.8 Å². The fourth-order valence-corrected chi connectivity index (χ4v) is 2.20. The monoisotopic (exact) mass is 309 g/mol. The molecule has 3 rings (SSSR count). The molecule has 0 spiro atoms. The van der Waals surface area contributed by atoms with Gasteiger partial charge in [-0.3, -0.25) is 10.1 Å². The summed E-state index contributed by atoms with van der Waals surface area (Å²) < 4.78 is 5.70. The van der Waals surface area contributed by atoms with Crippen LogP contribution in [0.25, 0.3) is 10.8 Å². The van der Waals surface area contributed by atoms with Gasteiger partial charge in [-0.15, -0.1) is 0 Å². The first-order valence-corrected chi connectivity index (χ1v) is 7.18. The molecule has 1 aromatic heterocycles. The predicted molar refractivity (Wildman–Crippen MR) is 88.8 cm³/mol. The van der Waals surface area contributed by atoms with Crippen LogP contribution < -0.4 is 10.1 Å². The number of nitrogens with one attached hydrogen (secondary N) is 1. The maximum atomic E-state index is 10.5. The van der Waals surface area contributed by atoms with Crippen LogP contribution in [0.5, 0.6) is 5.75 Å². The Kier molecular flexibility index (Phi) is 4.33. The average Bonchev–Trinajstić information content (AvgIpc) is 2.59. The average molecular weight is 309 g/mol. The molecule has 0 aliphatic rings. The van der Waals surface area contributed by atoms with E-state index in [1.54, 1.807) is 6.07 Å². The Hall–Kier alpha value is -3.15. The lowest BCUT2D eigenvalue weighted by Gasteiger charge is -2.08. The van der Waals surface area contributed by atoms with Crippen LogP contribution in [0.3, 0.4) is 0 Å². The minimum absolute atomic E-state index is 0.0250. The van der Waals surface area contributed by atoms with E-state index < -0.39 is 4.92 Å². The minimum Gasteiger partial charge on any atom is -0.492 e. The van der Waals surface area contributed by atoms with E-state index in [1.807, 2.05) is 36.4 Å². The summed E-state index contributed by atoms with van der Waals surface area (Å²) in [7, 11) is 0. The number of aromatic nitrogens is 1. The fraction of sp³-hybridized carbons (Fsp3) is 0.118. The molecule has 0 unspecified atom stereocenters. The van der Waals surface area contributed by atoms with E-state index in [0.717, 1.165) is 11.1 Å². The lowest BCUT2D eigenvalue weighted by atomic mass is 10.1. The van der Waals surface area contributed by atoms with Crippen molar-refractivity contribution in [2.75, 3.05) is 18.5 Å². The molecule has 0 saturated heterocycles. The number of ether oxygens (including phenoxy) is 1. The highest BCUT2D eigenvalue weighted by atomic mass is 16.6. The predicted octanol–water partition coefficient (Wildman–Crippen LogP) is 3.63. The summed E-state index contributed by atoms with van der Waals surface area (Å²) in [5.74, 6) is 1.39. The fourth-order valence-electron chi connectivity index (χ4n) is 2.20. The normalized spacial score (nSPS) is 10.4. The second kappa shape index (κ2) is 6.74. The molecule has 2 aromatic carbocycles. The Morgan fingerprint density at radius 1 is 1.09 bits per heavy atom. The van der Waals surface area contributed by atoms with E-state index in [2.05, 4.69) is 16.4 Å². The maximum Gasteiger partial charge on any atom is 0.287 e. The summed E-state index contributed by atoms with van der Waals surface area (Å²) in [4.78, 5) is 14.1. The van der Waals surface area contributed by atoms with E-state index in [4.69, 9.17) is 4.74 Å². The van der Waals surface area contributed by atoms with E-state index in [-0.39, 0.29) is 5.69 Å². The van der Waals surface area contributed by atoms with E-state index in [0.29, 0.717) is 19.0 Å². The van der Waals surface area contributed by atoms with Gasteiger partial charge in [-0.25, -0.2) is 4.98 Å². The van der Waals surface area contributed by atoms with Gasteiger partial charge >= 0.3 is 0 Å². The third kappa shape index (κ3) is 3.74. The molecule has 0 radical (unpaired) electrons. The van der Waals surface area contributed by atoms with Crippen molar-refractivity contribution in [3.05, 3.63) is 70.9 Å². The van der Waals surface area contributed by atoms with Gasteiger partial charge in [-0.1, -0.05) is 30.3 Å². The molecule has 0 amide bonds. The van der Waals surface area contributed by atoms with E-state index in [1.165, 1.54) is 17.6 Å². The Balaban J connectivity index is 1.51. The molecule has 0 bridgehead atoms. The highest BCUT2D eigenvalue weighted by molar-refractivity contribution is 5.83. The van der Waals surface area contributed by atoms with Gasteiger partial charge in [0.2, 0.25) is 0 Å². The van der Waals surface area contributed by atoms with Crippen LogP contribution in [0, 0.1) is 10.1 Å². The molecule has 0 aliphatic heterocycles. The quantitative estimate of drug-likeness (QED) is 0.427. The topological polar surface area (TPSA) is 77.3 Å². The van der Waals surface area contributed by atoms with Crippen molar-refractivity contribution < 1.29 is 9.66 Å². The van der Waals surface area contributed by atoms with Gasteiger partial charge in [-0.2, -0.15) is 0 Å². The highest BCUT2D eigenvalue weighted by Gasteiger charge is 2.04. The summed E-state index contributed by atoms with van der Waals surface area (Å²) in [6, 6.07) is 17.1. The van der Waals surface area contributed by atoms with E-state index in [9.17, 15) is 10.1 Å². The molecule has 1 heterocycles. The van der Waals surface area contributed by atoms with Crippen molar-refractivity contribution in [3.8, 4) is 5.75 Å². The molecular formula is C17H15N3O3. The SMILES string of the molecule is O=[N+]([O-])c1ccc(NCCOc2ccc3ccccc3c2)nc1. The van der Waals surface area contributed by atoms with Crippen LogP contribution in [0.4, 0.5) is 11.5 Å². The number of nitrogens with zero attached hydrogens (tertiary/aromatic N) is 2. The molecule has 0 aliphatic carbocycles. The summed E-state index contributed by atoms with van der Waals surface area (Å²) in [6.45, 7) is 1.02. The number of nitro groups is 1. The lowest BCUT2D eigenvalue weighted by Crippen LogP contribution is -2.12. The van der Waals surface area contributed by atoms with Crippen molar-refractivity contribution in [3.63, 3.8) is 0 Å². The van der Waals surface area contributed by atoms with Gasteiger partial charge < -0.3 is 10.1 Å². The molecule has 6 heteroatoms. The second-order valence-electron chi connectivity index (χ2n) is 4.94. The van der Waals surface area contributed by atoms with Crippen molar-refractivity contribution in [1.82, 2.24) is 4.98 Å². The first kappa shape index (κ1) is 14.8. The zero-order chi connectivity index (χ0) is 16.1. The van der Waals surface area contributed by atoms with Crippen LogP contribution in [0.2, 0.25) is 0 Å². The zero-order valence-electron chi connectivity index (χ0n) is 12.3. The molecule has 0 fully saturated rings. The standard InChI is InChI=1S/C17H15N3O3/c21-20(22)15-6-8-17(19-12-15)18-9-10-23-16-7-5-13-3-1-2-4-14(13)11-16/h1-8,11-12H,9-10H2,(H,18,19). The van der Waals surface area contributed by atoms with Gasteiger partial charge in [-0.05, 0) is 29.0 Å². The minimum atomic E-state index is -0.473. The number of rotatable bonds is 6. The molecule has 6 nitrogen and oxygen atoms in total. The highest BCUT2D eigenvalue weighted by Crippen LogP contribution is 2.20. The van der Waals surface area contributed by atoms with Gasteiger partial charge in [0.15, 0.2) is 0 Å². The molecule has 116 valence electrons. The number of benzene rings is 2. The van der Waals surface area contributed by atoms with Crippen LogP contribution in [0.1, 0.15) is 0 Å². The van der Waals surface area contributed by atoms with E-state index >= 15 is 0 Å². The molecular weight excluding hydrogens is 294 g/mol. The van der Waals surface area contributed by atoms with Gasteiger partial charge in [0, 0.05) is 6.07 Å². The summed E-state index contributed by atoms with van der Waals surface area (Å²) in [5.41, 5.74) is -0.0250. The maximum absolute atomic E-state index is 10.5. The third-order valence-corrected chi connectivity index (χ3v) is 3.36. The number of hydrogen-bond donors (Lipinski definition) is 1. The Bertz CT molecular complexity index is 819. The van der Waals surface area contributed by atoms with Crippen molar-refractivity contribution in [1.29, 1.82) is 0 Å². The third-order valence-electron chi connectivity index (χ3n) is 3.36. The molecule has 0 saturated carbocycles. The summed E-state index contributed by atoms with van der Waals surface area (Å²) in [5, 5.41) is 15.9. The first-order chi connectivity index (χ1) is 11.2. The van der Waals surface area contributed by atoms with Gasteiger partial charge in [0.25, 0.3) is 5.69 Å². The van der Waals surface area contributed by atoms with Gasteiger partial charge in [0.1, 0.15) is 24.4 Å². The van der Waals surface area contributed by atoms with Crippen LogP contribution in [-0.4, -0.2) is 23.1 Å². The lowest BCUT2D eigenvalue weighted by molar-refractivity contribution is -0.385. The Labute approximate surface area is 132 Å². The van der Waals surface area contributed by atoms with Crippen LogP contribution in [-0.2, 0) is 0 Å². The van der Waals surface area contributed by atoms with Crippen LogP contribution >= 0.6 is 0 Å². The molecule has 3 aromatic rings. The number of pyridine rings is 1. The van der Waals surface area contributed by atoms with Crippen molar-refractivity contribution >= 4 is 22.3 Å². The van der Waals surface area contributed by atoms with Gasteiger partial charge in [0.05, 0.1) is 11.5 Å². The molecule has 1 N–H and O–H groups in total. The zero-order valence-corrected chi connectivity index (χ0v) is 12.3. The number of hydrogen-bond acceptors (Lipinski definition) is 5. The second-order valence-corrected chi connectivity index (χ2v) is 4.94.